The van der Waals surface area contributed by atoms with E-state index in [2.05, 4.69) is 5.32 Å². The van der Waals surface area contributed by atoms with Crippen LogP contribution in [-0.2, 0) is 4.74 Å². The predicted molar refractivity (Wildman–Crippen MR) is 78.2 cm³/mol. The third kappa shape index (κ3) is 3.31. The van der Waals surface area contributed by atoms with Crippen molar-refractivity contribution < 1.29 is 14.4 Å². The molecule has 1 aromatic carbocycles. The van der Waals surface area contributed by atoms with Crippen LogP contribution < -0.4 is 20.7 Å². The van der Waals surface area contributed by atoms with E-state index >= 15 is 0 Å². The van der Waals surface area contributed by atoms with Gasteiger partial charge in [-0.2, -0.15) is 0 Å². The van der Waals surface area contributed by atoms with E-state index in [1.54, 1.807) is 6.07 Å². The molecule has 21 heavy (non-hydrogen) atoms. The molecule has 1 heterocycles. The molecule has 0 saturated carbocycles. The number of anilines is 2. The van der Waals surface area contributed by atoms with Gasteiger partial charge in [-0.3, -0.25) is 15.5 Å². The molecule has 0 bridgehead atoms. The molecule has 1 aromatic rings. The van der Waals surface area contributed by atoms with Gasteiger partial charge in [0.05, 0.1) is 30.9 Å². The van der Waals surface area contributed by atoms with Gasteiger partial charge in [0.2, 0.25) is 0 Å². The number of hydrogen-bond acceptors (Lipinski definition) is 6. The van der Waals surface area contributed by atoms with E-state index in [4.69, 9.17) is 20.6 Å². The van der Waals surface area contributed by atoms with Gasteiger partial charge in [-0.15, -0.1) is 0 Å². The molecule has 4 N–H and O–H groups in total. The van der Waals surface area contributed by atoms with Crippen LogP contribution in [0.25, 0.3) is 0 Å². The van der Waals surface area contributed by atoms with Crippen LogP contribution in [-0.4, -0.2) is 44.3 Å². The van der Waals surface area contributed by atoms with E-state index in [1.165, 1.54) is 13.2 Å². The highest BCUT2D eigenvalue weighted by atomic mass is 16.6. The minimum absolute atomic E-state index is 0.0681. The Bertz CT molecular complexity index is 557. The van der Waals surface area contributed by atoms with Gasteiger partial charge in [-0.1, -0.05) is 0 Å². The summed E-state index contributed by atoms with van der Waals surface area (Å²) >= 11 is 0. The first-order valence-electron chi connectivity index (χ1n) is 6.33. The van der Waals surface area contributed by atoms with Gasteiger partial charge in [0.25, 0.3) is 5.69 Å². The van der Waals surface area contributed by atoms with Crippen molar-refractivity contribution in [3.05, 3.63) is 22.2 Å². The minimum Gasteiger partial charge on any atom is -0.494 e. The second-order valence-electron chi connectivity index (χ2n) is 4.44. The highest BCUT2D eigenvalue weighted by molar-refractivity contribution is 5.93. The number of ether oxygens (including phenoxy) is 2. The molecule has 2 rings (SSSR count). The first kappa shape index (κ1) is 14.9. The summed E-state index contributed by atoms with van der Waals surface area (Å²) < 4.78 is 10.5. The molecule has 1 fully saturated rings. The Morgan fingerprint density at radius 1 is 1.52 bits per heavy atom. The van der Waals surface area contributed by atoms with Crippen LogP contribution in [0.3, 0.4) is 0 Å². The Hall–Kier alpha value is -2.55. The Kier molecular flexibility index (Phi) is 4.43. The molecule has 0 spiro atoms. The van der Waals surface area contributed by atoms with E-state index in [0.29, 0.717) is 37.7 Å². The number of benzene rings is 1. The summed E-state index contributed by atoms with van der Waals surface area (Å²) in [6.45, 7) is 2.19. The number of nitrogens with two attached hydrogens (primary N) is 1. The lowest BCUT2D eigenvalue weighted by molar-refractivity contribution is -0.384. The fourth-order valence-corrected chi connectivity index (χ4v) is 2.17. The van der Waals surface area contributed by atoms with Crippen LogP contribution in [0.2, 0.25) is 0 Å². The van der Waals surface area contributed by atoms with Crippen LogP contribution in [0.15, 0.2) is 12.1 Å². The topological polar surface area (TPSA) is 127 Å². The highest BCUT2D eigenvalue weighted by Crippen LogP contribution is 2.38. The standard InChI is InChI=1S/C12H17N5O4/c1-20-11-7-9(16-2-4-21-5-3-16)10(17(18)19)6-8(11)15-12(13)14/h6-7H,2-5H2,1H3,(H4,13,14,15). The van der Waals surface area contributed by atoms with Gasteiger partial charge in [-0.25, -0.2) is 0 Å². The Balaban J connectivity index is 2.47. The van der Waals surface area contributed by atoms with Crippen LogP contribution in [0.1, 0.15) is 0 Å². The lowest BCUT2D eigenvalue weighted by Crippen LogP contribution is -2.36. The van der Waals surface area contributed by atoms with Gasteiger partial charge >= 0.3 is 0 Å². The predicted octanol–water partition coefficient (Wildman–Crippen LogP) is 0.745. The highest BCUT2D eigenvalue weighted by Gasteiger charge is 2.24. The SMILES string of the molecule is COc1cc(N2CCOCC2)c([N+](=O)[O-])cc1NC(=N)N. The summed E-state index contributed by atoms with van der Waals surface area (Å²) in [5.74, 6) is 0.0685. The molecule has 0 aliphatic carbocycles. The summed E-state index contributed by atoms with van der Waals surface area (Å²) in [6, 6.07) is 2.90. The summed E-state index contributed by atoms with van der Waals surface area (Å²) in [5, 5.41) is 21.1. The Morgan fingerprint density at radius 2 is 2.19 bits per heavy atom. The van der Waals surface area contributed by atoms with E-state index < -0.39 is 4.92 Å². The van der Waals surface area contributed by atoms with Gasteiger partial charge in [0, 0.05) is 25.2 Å². The summed E-state index contributed by atoms with van der Waals surface area (Å²) in [6.07, 6.45) is 0. The van der Waals surface area contributed by atoms with Crippen molar-refractivity contribution in [3.63, 3.8) is 0 Å². The fourth-order valence-electron chi connectivity index (χ4n) is 2.17. The molecule has 1 saturated heterocycles. The molecule has 114 valence electrons. The van der Waals surface area contributed by atoms with E-state index in [9.17, 15) is 10.1 Å². The normalized spacial score (nSPS) is 14.6. The van der Waals surface area contributed by atoms with Crippen LogP contribution in [0, 0.1) is 15.5 Å². The number of nitrogens with zero attached hydrogens (tertiary/aromatic N) is 2. The fraction of sp³-hybridized carbons (Fsp3) is 0.417. The second kappa shape index (κ2) is 6.27. The maximum atomic E-state index is 11.3. The molecule has 9 heteroatoms. The summed E-state index contributed by atoms with van der Waals surface area (Å²) in [4.78, 5) is 12.7. The number of hydrogen-bond donors (Lipinski definition) is 3. The van der Waals surface area contributed by atoms with Crippen molar-refractivity contribution in [1.29, 1.82) is 5.41 Å². The van der Waals surface area contributed by atoms with Gasteiger partial charge in [0.15, 0.2) is 5.96 Å². The summed E-state index contributed by atoms with van der Waals surface area (Å²) in [5.41, 5.74) is 5.96. The lowest BCUT2D eigenvalue weighted by Gasteiger charge is -2.29. The molecule has 0 atom stereocenters. The van der Waals surface area contributed by atoms with E-state index in [-0.39, 0.29) is 17.3 Å². The lowest BCUT2D eigenvalue weighted by atomic mass is 10.2. The molecule has 0 amide bonds. The maximum absolute atomic E-state index is 11.3. The smallest absolute Gasteiger partial charge is 0.294 e. The maximum Gasteiger partial charge on any atom is 0.294 e. The zero-order valence-electron chi connectivity index (χ0n) is 11.6. The molecule has 1 aliphatic rings. The van der Waals surface area contributed by atoms with Crippen molar-refractivity contribution >= 4 is 23.0 Å². The molecule has 9 nitrogen and oxygen atoms in total. The zero-order valence-corrected chi connectivity index (χ0v) is 11.6. The largest absolute Gasteiger partial charge is 0.494 e. The van der Waals surface area contributed by atoms with Crippen LogP contribution in [0.5, 0.6) is 5.75 Å². The first-order valence-corrected chi connectivity index (χ1v) is 6.33. The van der Waals surface area contributed by atoms with E-state index in [0.717, 1.165) is 0 Å². The number of morpholine rings is 1. The van der Waals surface area contributed by atoms with Crippen molar-refractivity contribution in [3.8, 4) is 5.75 Å². The third-order valence-electron chi connectivity index (χ3n) is 3.11. The molecule has 0 radical (unpaired) electrons. The molecule has 0 unspecified atom stereocenters. The van der Waals surface area contributed by atoms with Gasteiger partial charge in [-0.05, 0) is 0 Å². The van der Waals surface area contributed by atoms with Crippen molar-refractivity contribution in [1.82, 2.24) is 0 Å². The Morgan fingerprint density at radius 3 is 2.71 bits per heavy atom. The van der Waals surface area contributed by atoms with Crippen LogP contribution >= 0.6 is 0 Å². The Labute approximate surface area is 121 Å². The zero-order chi connectivity index (χ0) is 15.4. The number of nitrogens with one attached hydrogen (secondary N) is 2. The number of methoxy groups -OCH3 is 1. The number of nitro benzene ring substituents is 1. The average Bonchev–Trinajstić information content (AvgIpc) is 2.47. The van der Waals surface area contributed by atoms with Crippen molar-refractivity contribution in [2.24, 2.45) is 5.73 Å². The quantitative estimate of drug-likeness (QED) is 0.323. The van der Waals surface area contributed by atoms with Crippen molar-refractivity contribution in [2.45, 2.75) is 0 Å². The first-order chi connectivity index (χ1) is 10.0. The van der Waals surface area contributed by atoms with Crippen LogP contribution in [0.4, 0.5) is 17.1 Å². The molecular formula is C12H17N5O4. The second-order valence-corrected chi connectivity index (χ2v) is 4.44. The monoisotopic (exact) mass is 295 g/mol. The average molecular weight is 295 g/mol. The number of nitro groups is 1. The molecule has 0 aromatic heterocycles. The minimum atomic E-state index is -0.463. The summed E-state index contributed by atoms with van der Waals surface area (Å²) in [7, 11) is 1.45. The third-order valence-corrected chi connectivity index (χ3v) is 3.11. The van der Waals surface area contributed by atoms with Gasteiger partial charge < -0.3 is 25.4 Å². The van der Waals surface area contributed by atoms with E-state index in [1.807, 2.05) is 4.90 Å². The molecule has 1 aliphatic heterocycles. The number of rotatable bonds is 4. The number of guanidine groups is 1. The van der Waals surface area contributed by atoms with Crippen molar-refractivity contribution in [2.75, 3.05) is 43.6 Å². The molecular weight excluding hydrogens is 278 g/mol. The van der Waals surface area contributed by atoms with Gasteiger partial charge in [0.1, 0.15) is 11.4 Å².